The fourth-order valence-corrected chi connectivity index (χ4v) is 2.86. The Morgan fingerprint density at radius 3 is 1.81 bits per heavy atom. The average Bonchev–Trinajstić information content (AvgIpc) is 2.73. The van der Waals surface area contributed by atoms with E-state index in [9.17, 15) is 13.2 Å². The fourth-order valence-electron chi connectivity index (χ4n) is 2.86. The molecule has 0 bridgehead atoms. The number of hydrogen-bond donors (Lipinski definition) is 0. The summed E-state index contributed by atoms with van der Waals surface area (Å²) in [4.78, 5) is 12.3. The summed E-state index contributed by atoms with van der Waals surface area (Å²) < 4.78 is 41.1. The molecule has 0 unspecified atom stereocenters. The van der Waals surface area contributed by atoms with Crippen molar-refractivity contribution < 1.29 is 13.2 Å². The Labute approximate surface area is 153 Å². The lowest BCUT2D eigenvalue weighted by Gasteiger charge is -2.12. The zero-order chi connectivity index (χ0) is 18.8. The smallest absolute Gasteiger partial charge is 0.195 e. The van der Waals surface area contributed by atoms with Gasteiger partial charge in [-0.2, -0.15) is 0 Å². The van der Waals surface area contributed by atoms with Crippen molar-refractivity contribution in [2.24, 2.45) is 0 Å². The van der Waals surface area contributed by atoms with Crippen LogP contribution in [0.1, 0.15) is 0 Å². The van der Waals surface area contributed by atoms with Crippen LogP contribution in [0.3, 0.4) is 0 Å². The molecule has 0 aliphatic carbocycles. The zero-order valence-corrected chi connectivity index (χ0v) is 13.9. The van der Waals surface area contributed by atoms with E-state index in [4.69, 9.17) is 0 Å². The number of benzene rings is 1. The molecule has 0 atom stereocenters. The van der Waals surface area contributed by atoms with E-state index in [0.717, 1.165) is 28.3 Å². The van der Waals surface area contributed by atoms with Crippen molar-refractivity contribution in [3.63, 3.8) is 0 Å². The van der Waals surface area contributed by atoms with Crippen molar-refractivity contribution in [3.05, 3.63) is 90.9 Å². The van der Waals surface area contributed by atoms with Gasteiger partial charge in [0.05, 0.1) is 5.69 Å². The minimum atomic E-state index is -1.52. The first-order valence-corrected chi connectivity index (χ1v) is 8.10. The maximum absolute atomic E-state index is 14.2. The minimum absolute atomic E-state index is 0.106. The molecule has 4 rings (SSSR count). The van der Waals surface area contributed by atoms with E-state index in [1.165, 1.54) is 6.07 Å². The summed E-state index contributed by atoms with van der Waals surface area (Å²) in [5.74, 6) is -4.02. The number of halogens is 3. The van der Waals surface area contributed by atoms with E-state index in [2.05, 4.69) is 15.0 Å². The monoisotopic (exact) mass is 363 g/mol. The lowest BCUT2D eigenvalue weighted by atomic mass is 9.95. The van der Waals surface area contributed by atoms with Gasteiger partial charge in [-0.25, -0.2) is 13.2 Å². The summed E-state index contributed by atoms with van der Waals surface area (Å²) in [5.41, 5.74) is 3.37. The Kier molecular flexibility index (Phi) is 4.38. The van der Waals surface area contributed by atoms with E-state index < -0.39 is 17.5 Å². The van der Waals surface area contributed by atoms with Gasteiger partial charge in [0.25, 0.3) is 0 Å². The molecule has 3 aromatic heterocycles. The highest BCUT2D eigenvalue weighted by molar-refractivity contribution is 5.85. The van der Waals surface area contributed by atoms with Gasteiger partial charge in [-0.3, -0.25) is 15.0 Å². The number of hydrogen-bond acceptors (Lipinski definition) is 3. The molecule has 6 heteroatoms. The zero-order valence-electron chi connectivity index (χ0n) is 13.9. The molecular formula is C21H12F3N3. The number of rotatable bonds is 3. The van der Waals surface area contributed by atoms with Gasteiger partial charge in [-0.1, -0.05) is 0 Å². The van der Waals surface area contributed by atoms with Gasteiger partial charge >= 0.3 is 0 Å². The molecule has 27 heavy (non-hydrogen) atoms. The first-order valence-electron chi connectivity index (χ1n) is 8.10. The summed E-state index contributed by atoms with van der Waals surface area (Å²) in [6.07, 6.45) is 8.19. The molecule has 3 heterocycles. The lowest BCUT2D eigenvalue weighted by molar-refractivity contribution is 0.449. The molecule has 0 saturated heterocycles. The van der Waals surface area contributed by atoms with Crippen molar-refractivity contribution in [2.45, 2.75) is 0 Å². The van der Waals surface area contributed by atoms with Gasteiger partial charge in [0.2, 0.25) is 0 Å². The summed E-state index contributed by atoms with van der Waals surface area (Å²) >= 11 is 0. The van der Waals surface area contributed by atoms with Crippen LogP contribution in [0.25, 0.3) is 33.5 Å². The van der Waals surface area contributed by atoms with Gasteiger partial charge < -0.3 is 0 Å². The van der Waals surface area contributed by atoms with Crippen LogP contribution < -0.4 is 0 Å². The third-order valence-electron chi connectivity index (χ3n) is 4.20. The molecule has 0 aliphatic rings. The van der Waals surface area contributed by atoms with Crippen molar-refractivity contribution in [2.75, 3.05) is 0 Å². The van der Waals surface area contributed by atoms with Crippen LogP contribution in [0.4, 0.5) is 13.2 Å². The summed E-state index contributed by atoms with van der Waals surface area (Å²) in [6.45, 7) is 0. The molecule has 1 aromatic carbocycles. The molecule has 0 amide bonds. The second-order valence-electron chi connectivity index (χ2n) is 5.81. The highest BCUT2D eigenvalue weighted by Gasteiger charge is 2.17. The standard InChI is InChI=1S/C21H12F3N3/c22-18-2-1-15(20(23)21(18)24)19-11-16(13-3-7-25-8-4-13)17(12-27-19)14-5-9-26-10-6-14/h1-12H. The van der Waals surface area contributed by atoms with Crippen LogP contribution in [0, 0.1) is 17.5 Å². The quantitative estimate of drug-likeness (QED) is 0.464. The first kappa shape index (κ1) is 16.9. The largest absolute Gasteiger partial charge is 0.265 e. The first-order chi connectivity index (χ1) is 13.1. The molecule has 0 N–H and O–H groups in total. The van der Waals surface area contributed by atoms with E-state index >= 15 is 0 Å². The maximum atomic E-state index is 14.2. The average molecular weight is 363 g/mol. The van der Waals surface area contributed by atoms with Crippen molar-refractivity contribution >= 4 is 0 Å². The van der Waals surface area contributed by atoms with E-state index in [-0.39, 0.29) is 11.3 Å². The van der Waals surface area contributed by atoms with Crippen LogP contribution in [-0.4, -0.2) is 15.0 Å². The highest BCUT2D eigenvalue weighted by Crippen LogP contribution is 2.35. The Morgan fingerprint density at radius 2 is 1.19 bits per heavy atom. The van der Waals surface area contributed by atoms with Crippen LogP contribution >= 0.6 is 0 Å². The Hall–Kier alpha value is -3.54. The van der Waals surface area contributed by atoms with Gasteiger partial charge in [-0.15, -0.1) is 0 Å². The predicted molar refractivity (Wildman–Crippen MR) is 96.0 cm³/mol. The Bertz CT molecular complexity index is 1100. The van der Waals surface area contributed by atoms with Gasteiger partial charge in [0, 0.05) is 42.1 Å². The van der Waals surface area contributed by atoms with Crippen molar-refractivity contribution in [1.82, 2.24) is 15.0 Å². The van der Waals surface area contributed by atoms with E-state index in [0.29, 0.717) is 0 Å². The summed E-state index contributed by atoms with van der Waals surface area (Å²) in [7, 11) is 0. The normalized spacial score (nSPS) is 10.8. The Balaban J connectivity index is 1.94. The summed E-state index contributed by atoms with van der Waals surface area (Å²) in [6, 6.07) is 11.0. The third-order valence-corrected chi connectivity index (χ3v) is 4.20. The SMILES string of the molecule is Fc1ccc(-c2cc(-c3ccncc3)c(-c3ccncc3)cn2)c(F)c1F. The molecule has 4 aromatic rings. The van der Waals surface area contributed by atoms with E-state index in [1.807, 2.05) is 24.3 Å². The number of pyridine rings is 3. The highest BCUT2D eigenvalue weighted by atomic mass is 19.2. The molecule has 0 fully saturated rings. The van der Waals surface area contributed by atoms with Crippen LogP contribution in [-0.2, 0) is 0 Å². The third kappa shape index (κ3) is 3.17. The van der Waals surface area contributed by atoms with Gasteiger partial charge in [-0.05, 0) is 59.2 Å². The number of nitrogens with zero attached hydrogens (tertiary/aromatic N) is 3. The van der Waals surface area contributed by atoms with Gasteiger partial charge in [0.1, 0.15) is 0 Å². The topological polar surface area (TPSA) is 38.7 Å². The lowest BCUT2D eigenvalue weighted by Crippen LogP contribution is -1.97. The van der Waals surface area contributed by atoms with Crippen molar-refractivity contribution in [3.8, 4) is 33.5 Å². The fraction of sp³-hybridized carbons (Fsp3) is 0. The molecular weight excluding hydrogens is 351 g/mol. The molecule has 0 radical (unpaired) electrons. The maximum Gasteiger partial charge on any atom is 0.195 e. The molecule has 0 spiro atoms. The summed E-state index contributed by atoms with van der Waals surface area (Å²) in [5, 5.41) is 0. The molecule has 3 nitrogen and oxygen atoms in total. The molecule has 0 saturated carbocycles. The minimum Gasteiger partial charge on any atom is -0.265 e. The molecule has 132 valence electrons. The second-order valence-corrected chi connectivity index (χ2v) is 5.81. The van der Waals surface area contributed by atoms with Crippen LogP contribution in [0.2, 0.25) is 0 Å². The number of aromatic nitrogens is 3. The van der Waals surface area contributed by atoms with Crippen LogP contribution in [0.15, 0.2) is 73.4 Å². The van der Waals surface area contributed by atoms with Crippen molar-refractivity contribution in [1.29, 1.82) is 0 Å². The molecule has 0 aliphatic heterocycles. The predicted octanol–water partition coefficient (Wildman–Crippen LogP) is 5.29. The second kappa shape index (κ2) is 6.99. The Morgan fingerprint density at radius 1 is 0.593 bits per heavy atom. The van der Waals surface area contributed by atoms with Crippen LogP contribution in [0.5, 0.6) is 0 Å². The van der Waals surface area contributed by atoms with E-state index in [1.54, 1.807) is 37.1 Å². The van der Waals surface area contributed by atoms with Gasteiger partial charge in [0.15, 0.2) is 17.5 Å².